The Bertz CT molecular complexity index is 786. The molecule has 3 saturated carbocycles. The number of aliphatic hydroxyl groups excluding tert-OH is 3. The molecule has 0 saturated heterocycles. The van der Waals surface area contributed by atoms with E-state index in [-0.39, 0.29) is 36.4 Å². The molecule has 7 nitrogen and oxygen atoms in total. The molecule has 2 unspecified atom stereocenters. The smallest absolute Gasteiger partial charge is 0.222 e. The Balaban J connectivity index is 1.77. The van der Waals surface area contributed by atoms with E-state index < -0.39 is 40.7 Å². The van der Waals surface area contributed by atoms with Crippen LogP contribution in [0.2, 0.25) is 0 Å². The molecule has 0 amide bonds. The molecular formula is C21H28O7. The monoisotopic (exact) mass is 392 g/mol. The van der Waals surface area contributed by atoms with Gasteiger partial charge in [0.2, 0.25) is 12.1 Å². The van der Waals surface area contributed by atoms with Crippen LogP contribution in [0.4, 0.5) is 0 Å². The minimum absolute atomic E-state index is 0.0511. The molecule has 0 aromatic heterocycles. The lowest BCUT2D eigenvalue weighted by molar-refractivity contribution is -0.205. The van der Waals surface area contributed by atoms with Crippen molar-refractivity contribution >= 4 is 11.6 Å². The van der Waals surface area contributed by atoms with E-state index in [1.807, 2.05) is 13.0 Å². The van der Waals surface area contributed by atoms with Crippen LogP contribution in [-0.4, -0.2) is 61.2 Å². The maximum Gasteiger partial charge on any atom is 0.222 e. The number of ketones is 2. The van der Waals surface area contributed by atoms with Crippen molar-refractivity contribution in [3.05, 3.63) is 23.8 Å². The second-order valence-electron chi connectivity index (χ2n) is 9.47. The van der Waals surface area contributed by atoms with E-state index in [1.165, 1.54) is 6.08 Å². The molecule has 4 rings (SSSR count). The summed E-state index contributed by atoms with van der Waals surface area (Å²) >= 11 is 0. The SMILES string of the molecule is C[C@]12C=CC(=O)C=C1CC[C@@H]1[C@@H]2C(O)C[C@@]2(C)[C@H]1CC(O)[C@]2(O)C(=O)C(O)O. The Morgan fingerprint density at radius 3 is 2.57 bits per heavy atom. The molecule has 0 radical (unpaired) electrons. The second kappa shape index (κ2) is 6.06. The summed E-state index contributed by atoms with van der Waals surface area (Å²) in [5.74, 6) is -1.84. The molecular weight excluding hydrogens is 364 g/mol. The first-order valence-electron chi connectivity index (χ1n) is 9.90. The number of allylic oxidation sites excluding steroid dienone is 4. The van der Waals surface area contributed by atoms with Gasteiger partial charge in [-0.15, -0.1) is 0 Å². The largest absolute Gasteiger partial charge is 0.393 e. The molecule has 0 aliphatic heterocycles. The summed E-state index contributed by atoms with van der Waals surface area (Å²) in [4.78, 5) is 24.3. The topological polar surface area (TPSA) is 135 Å². The molecule has 7 heteroatoms. The molecule has 0 spiro atoms. The predicted molar refractivity (Wildman–Crippen MR) is 97.6 cm³/mol. The van der Waals surface area contributed by atoms with E-state index in [9.17, 15) is 35.1 Å². The normalized spacial score (nSPS) is 50.1. The minimum Gasteiger partial charge on any atom is -0.393 e. The predicted octanol–water partition coefficient (Wildman–Crippen LogP) is -0.153. The van der Waals surface area contributed by atoms with Crippen LogP contribution >= 0.6 is 0 Å². The van der Waals surface area contributed by atoms with Gasteiger partial charge in [-0.2, -0.15) is 0 Å². The number of fused-ring (bicyclic) bond motifs is 5. The summed E-state index contributed by atoms with van der Waals surface area (Å²) in [6.45, 7) is 3.66. The quantitative estimate of drug-likeness (QED) is 0.412. The molecule has 4 aliphatic carbocycles. The first kappa shape index (κ1) is 19.9. The lowest BCUT2D eigenvalue weighted by Gasteiger charge is -2.59. The Morgan fingerprint density at radius 1 is 1.25 bits per heavy atom. The number of carbonyl (C=O) groups excluding carboxylic acids is 2. The van der Waals surface area contributed by atoms with E-state index in [4.69, 9.17) is 0 Å². The lowest BCUT2D eigenvalue weighted by Crippen LogP contribution is -2.64. The number of carbonyl (C=O) groups is 2. The van der Waals surface area contributed by atoms with E-state index in [1.54, 1.807) is 13.0 Å². The van der Waals surface area contributed by atoms with Gasteiger partial charge in [-0.1, -0.05) is 25.5 Å². The molecule has 0 heterocycles. The summed E-state index contributed by atoms with van der Waals surface area (Å²) in [7, 11) is 0. The van der Waals surface area contributed by atoms with Crippen molar-refractivity contribution in [1.29, 1.82) is 0 Å². The highest BCUT2D eigenvalue weighted by Crippen LogP contribution is 2.67. The molecule has 8 atom stereocenters. The molecule has 154 valence electrons. The summed E-state index contributed by atoms with van der Waals surface area (Å²) in [5, 5.41) is 51.8. The Hall–Kier alpha value is -1.38. The zero-order valence-electron chi connectivity index (χ0n) is 16.1. The molecule has 3 fully saturated rings. The lowest BCUT2D eigenvalue weighted by atomic mass is 9.46. The molecule has 5 N–H and O–H groups in total. The van der Waals surface area contributed by atoms with Gasteiger partial charge >= 0.3 is 0 Å². The van der Waals surface area contributed by atoms with Crippen LogP contribution in [0.15, 0.2) is 23.8 Å². The third kappa shape index (κ3) is 2.28. The van der Waals surface area contributed by atoms with Gasteiger partial charge in [0.15, 0.2) is 11.4 Å². The molecule has 4 aliphatic rings. The van der Waals surface area contributed by atoms with Crippen LogP contribution in [0.3, 0.4) is 0 Å². The second-order valence-corrected chi connectivity index (χ2v) is 9.47. The van der Waals surface area contributed by atoms with Crippen molar-refractivity contribution in [1.82, 2.24) is 0 Å². The van der Waals surface area contributed by atoms with Crippen LogP contribution in [0.1, 0.15) is 39.5 Å². The third-order valence-corrected chi connectivity index (χ3v) is 8.33. The maximum absolute atomic E-state index is 12.5. The van der Waals surface area contributed by atoms with E-state index in [2.05, 4.69) is 0 Å². The van der Waals surface area contributed by atoms with Gasteiger partial charge in [-0.25, -0.2) is 0 Å². The average Bonchev–Trinajstić information content (AvgIpc) is 2.82. The number of hydrogen-bond donors (Lipinski definition) is 5. The van der Waals surface area contributed by atoms with Gasteiger partial charge < -0.3 is 25.5 Å². The standard InChI is InChI=1S/C21H28O7/c1-19-6-5-11(22)7-10(19)3-4-12-13-8-15(24)21(28,17(25)18(26)27)20(13,2)9-14(23)16(12)19/h5-7,12-16,18,23-24,26-28H,3-4,8-9H2,1-2H3/t12-,13-,14?,15?,16+,19-,20-,21-/m0/s1. The van der Waals surface area contributed by atoms with Crippen LogP contribution in [0, 0.1) is 28.6 Å². The van der Waals surface area contributed by atoms with Crippen LogP contribution < -0.4 is 0 Å². The highest BCUT2D eigenvalue weighted by atomic mass is 16.5. The van der Waals surface area contributed by atoms with Crippen LogP contribution in [-0.2, 0) is 9.59 Å². The Kier molecular flexibility index (Phi) is 4.31. The summed E-state index contributed by atoms with van der Waals surface area (Å²) in [6.07, 6.45) is 1.85. The fraction of sp³-hybridized carbons (Fsp3) is 0.714. The number of aliphatic hydroxyl groups is 5. The summed E-state index contributed by atoms with van der Waals surface area (Å²) in [5.41, 5.74) is -3.02. The Labute approximate surface area is 163 Å². The van der Waals surface area contributed by atoms with Crippen molar-refractivity contribution in [2.45, 2.75) is 63.6 Å². The van der Waals surface area contributed by atoms with Crippen molar-refractivity contribution in [2.75, 3.05) is 0 Å². The fourth-order valence-electron chi connectivity index (χ4n) is 6.98. The van der Waals surface area contributed by atoms with Gasteiger partial charge in [-0.05, 0) is 49.7 Å². The van der Waals surface area contributed by atoms with Gasteiger partial charge in [0.25, 0.3) is 0 Å². The fourth-order valence-corrected chi connectivity index (χ4v) is 6.98. The zero-order valence-corrected chi connectivity index (χ0v) is 16.1. The molecule has 28 heavy (non-hydrogen) atoms. The summed E-state index contributed by atoms with van der Waals surface area (Å²) < 4.78 is 0. The third-order valence-electron chi connectivity index (χ3n) is 8.33. The first-order chi connectivity index (χ1) is 13.0. The first-order valence-corrected chi connectivity index (χ1v) is 9.90. The number of rotatable bonds is 2. The van der Waals surface area contributed by atoms with Crippen molar-refractivity contribution in [3.63, 3.8) is 0 Å². The maximum atomic E-state index is 12.5. The van der Waals surface area contributed by atoms with E-state index in [0.717, 1.165) is 5.57 Å². The minimum atomic E-state index is -2.39. The van der Waals surface area contributed by atoms with Gasteiger partial charge in [0.05, 0.1) is 12.2 Å². The van der Waals surface area contributed by atoms with E-state index >= 15 is 0 Å². The highest BCUT2D eigenvalue weighted by molar-refractivity contribution is 6.01. The summed E-state index contributed by atoms with van der Waals surface area (Å²) in [6, 6.07) is 0. The average molecular weight is 392 g/mol. The molecule has 0 aromatic rings. The van der Waals surface area contributed by atoms with E-state index in [0.29, 0.717) is 12.8 Å². The highest BCUT2D eigenvalue weighted by Gasteiger charge is 2.72. The molecule has 0 bridgehead atoms. The van der Waals surface area contributed by atoms with Crippen LogP contribution in [0.5, 0.6) is 0 Å². The number of hydrogen-bond acceptors (Lipinski definition) is 7. The van der Waals surface area contributed by atoms with Gasteiger partial charge in [0, 0.05) is 16.7 Å². The zero-order chi connectivity index (χ0) is 20.6. The Morgan fingerprint density at radius 2 is 1.93 bits per heavy atom. The molecule has 0 aromatic carbocycles. The van der Waals surface area contributed by atoms with Crippen LogP contribution in [0.25, 0.3) is 0 Å². The number of Topliss-reactive ketones (excluding diaryl/α,β-unsaturated/α-hetero) is 1. The van der Waals surface area contributed by atoms with Gasteiger partial charge in [0.1, 0.15) is 0 Å². The van der Waals surface area contributed by atoms with Crippen molar-refractivity contribution < 1.29 is 35.1 Å². The van der Waals surface area contributed by atoms with Crippen molar-refractivity contribution in [2.24, 2.45) is 28.6 Å². The van der Waals surface area contributed by atoms with Gasteiger partial charge in [-0.3, -0.25) is 9.59 Å². The van der Waals surface area contributed by atoms with Crippen molar-refractivity contribution in [3.8, 4) is 0 Å².